The summed E-state index contributed by atoms with van der Waals surface area (Å²) in [7, 11) is 0. The number of furan rings is 1. The molecule has 47 heavy (non-hydrogen) atoms. The second-order valence-electron chi connectivity index (χ2n) is 12.1. The van der Waals surface area contributed by atoms with Crippen LogP contribution >= 0.6 is 11.3 Å². The Labute approximate surface area is 275 Å². The lowest BCUT2D eigenvalue weighted by Crippen LogP contribution is -2.11. The number of rotatable bonds is 4. The average Bonchev–Trinajstić information content (AvgIpc) is 3.71. The van der Waals surface area contributed by atoms with Crippen LogP contribution in [0.1, 0.15) is 0 Å². The van der Waals surface area contributed by atoms with Gasteiger partial charge >= 0.3 is 0 Å². The van der Waals surface area contributed by atoms with E-state index in [1.54, 1.807) is 0 Å². The van der Waals surface area contributed by atoms with E-state index in [2.05, 4.69) is 163 Å². The summed E-state index contributed by atoms with van der Waals surface area (Å²) in [5, 5.41) is 9.76. The summed E-state index contributed by atoms with van der Waals surface area (Å²) in [5.74, 6) is 0. The zero-order chi connectivity index (χ0) is 30.9. The number of nitrogens with zero attached hydrogens (tertiary/aromatic N) is 1. The van der Waals surface area contributed by atoms with Gasteiger partial charge in [-0.3, -0.25) is 0 Å². The molecule has 220 valence electrons. The zero-order valence-electron chi connectivity index (χ0n) is 25.4. The Kier molecular flexibility index (Phi) is 5.78. The van der Waals surface area contributed by atoms with Crippen LogP contribution in [-0.4, -0.2) is 0 Å². The van der Waals surface area contributed by atoms with Crippen molar-refractivity contribution in [2.24, 2.45) is 0 Å². The van der Waals surface area contributed by atoms with E-state index in [1.807, 2.05) is 17.4 Å². The van der Waals surface area contributed by atoms with E-state index in [0.29, 0.717) is 0 Å². The first-order valence-electron chi connectivity index (χ1n) is 15.9. The average molecular weight is 618 g/mol. The van der Waals surface area contributed by atoms with E-state index >= 15 is 0 Å². The molecule has 3 heteroatoms. The molecule has 0 radical (unpaired) electrons. The molecule has 8 aromatic carbocycles. The molecular weight excluding hydrogens is 591 g/mol. The summed E-state index contributed by atoms with van der Waals surface area (Å²) in [6.07, 6.45) is 0. The van der Waals surface area contributed by atoms with Crippen molar-refractivity contribution < 1.29 is 4.42 Å². The molecule has 0 saturated heterocycles. The van der Waals surface area contributed by atoms with Gasteiger partial charge in [0, 0.05) is 42.0 Å². The molecular formula is C44H27NOS. The third-order valence-corrected chi connectivity index (χ3v) is 10.6. The van der Waals surface area contributed by atoms with Gasteiger partial charge in [0.2, 0.25) is 0 Å². The van der Waals surface area contributed by atoms with Gasteiger partial charge in [0.05, 0.1) is 11.4 Å². The lowest BCUT2D eigenvalue weighted by molar-refractivity contribution is 0.669. The Hall–Kier alpha value is -5.90. The van der Waals surface area contributed by atoms with Gasteiger partial charge < -0.3 is 9.32 Å². The number of thiophene rings is 1. The highest BCUT2D eigenvalue weighted by Gasteiger charge is 2.22. The summed E-state index contributed by atoms with van der Waals surface area (Å²) in [5.41, 5.74) is 7.39. The Morgan fingerprint density at radius 3 is 1.94 bits per heavy atom. The summed E-state index contributed by atoms with van der Waals surface area (Å²) in [6.45, 7) is 0. The van der Waals surface area contributed by atoms with Crippen LogP contribution in [0.25, 0.3) is 74.8 Å². The molecule has 0 N–H and O–H groups in total. The molecule has 0 amide bonds. The SMILES string of the molecule is c1ccc2c(c1)cc(N(c1ccc(-c3ccc4c(c3)sc3ccccc34)cc1)c1cccc3c1oc1ccccc13)c1ccccc12. The topological polar surface area (TPSA) is 16.4 Å². The maximum absolute atomic E-state index is 6.63. The standard InChI is InChI=1S/C44H27NOS/c1-2-11-32-30(10-1)26-40(34-13-4-3-12-33(32)34)45(39-17-9-16-38-35-14-5-7-18-41(35)46-44(38)39)31-23-20-28(21-24-31)29-22-25-37-36-15-6-8-19-42(36)47-43(37)27-29/h1-27H. The van der Waals surface area contributed by atoms with Gasteiger partial charge in [-0.05, 0) is 69.8 Å². The molecule has 0 saturated carbocycles. The van der Waals surface area contributed by atoms with E-state index in [1.165, 1.54) is 52.8 Å². The molecule has 0 aliphatic heterocycles. The minimum absolute atomic E-state index is 0.880. The first-order chi connectivity index (χ1) is 23.3. The van der Waals surface area contributed by atoms with E-state index in [0.717, 1.165) is 39.0 Å². The zero-order valence-corrected chi connectivity index (χ0v) is 26.2. The number of anilines is 3. The molecule has 0 spiro atoms. The Morgan fingerprint density at radius 1 is 0.404 bits per heavy atom. The third kappa shape index (κ3) is 4.10. The number of para-hydroxylation sites is 2. The second-order valence-corrected chi connectivity index (χ2v) is 13.2. The van der Waals surface area contributed by atoms with Crippen LogP contribution in [0, 0.1) is 0 Å². The van der Waals surface area contributed by atoms with Gasteiger partial charge in [0.25, 0.3) is 0 Å². The van der Waals surface area contributed by atoms with Crippen LogP contribution < -0.4 is 4.90 Å². The number of fused-ring (bicyclic) bond motifs is 9. The molecule has 0 atom stereocenters. The van der Waals surface area contributed by atoms with Crippen molar-refractivity contribution in [3.8, 4) is 11.1 Å². The van der Waals surface area contributed by atoms with Crippen molar-refractivity contribution in [2.45, 2.75) is 0 Å². The third-order valence-electron chi connectivity index (χ3n) is 9.45. The molecule has 2 nitrogen and oxygen atoms in total. The van der Waals surface area contributed by atoms with Crippen LogP contribution in [0.4, 0.5) is 17.1 Å². The highest BCUT2D eigenvalue weighted by Crippen LogP contribution is 2.46. The molecule has 2 aromatic heterocycles. The maximum Gasteiger partial charge on any atom is 0.159 e. The van der Waals surface area contributed by atoms with Crippen molar-refractivity contribution in [3.05, 3.63) is 164 Å². The minimum atomic E-state index is 0.880. The van der Waals surface area contributed by atoms with Gasteiger partial charge in [-0.2, -0.15) is 0 Å². The van der Waals surface area contributed by atoms with Crippen molar-refractivity contribution in [2.75, 3.05) is 4.90 Å². The van der Waals surface area contributed by atoms with E-state index < -0.39 is 0 Å². The highest BCUT2D eigenvalue weighted by atomic mass is 32.1. The van der Waals surface area contributed by atoms with Gasteiger partial charge in [0.15, 0.2) is 5.58 Å². The predicted octanol–water partition coefficient (Wildman–Crippen LogP) is 13.4. The highest BCUT2D eigenvalue weighted by molar-refractivity contribution is 7.25. The first-order valence-corrected chi connectivity index (χ1v) is 16.7. The Balaban J connectivity index is 1.19. The summed E-state index contributed by atoms with van der Waals surface area (Å²) in [4.78, 5) is 2.37. The van der Waals surface area contributed by atoms with Crippen LogP contribution in [0.2, 0.25) is 0 Å². The normalized spacial score (nSPS) is 11.8. The monoisotopic (exact) mass is 617 g/mol. The van der Waals surface area contributed by atoms with Crippen molar-refractivity contribution >= 4 is 92.1 Å². The molecule has 0 aliphatic carbocycles. The molecule has 0 unspecified atom stereocenters. The fourth-order valence-corrected chi connectivity index (χ4v) is 8.39. The molecule has 2 heterocycles. The lowest BCUT2D eigenvalue weighted by Gasteiger charge is -2.27. The molecule has 0 fully saturated rings. The van der Waals surface area contributed by atoms with Crippen molar-refractivity contribution in [1.82, 2.24) is 0 Å². The molecule has 10 aromatic rings. The van der Waals surface area contributed by atoms with Crippen LogP contribution in [0.15, 0.2) is 168 Å². The first kappa shape index (κ1) is 26.3. The van der Waals surface area contributed by atoms with Gasteiger partial charge in [-0.1, -0.05) is 121 Å². The fraction of sp³-hybridized carbons (Fsp3) is 0. The van der Waals surface area contributed by atoms with Gasteiger partial charge in [-0.25, -0.2) is 0 Å². The summed E-state index contributed by atoms with van der Waals surface area (Å²) < 4.78 is 9.27. The second kappa shape index (κ2) is 10.3. The van der Waals surface area contributed by atoms with Crippen LogP contribution in [-0.2, 0) is 0 Å². The maximum atomic E-state index is 6.63. The predicted molar refractivity (Wildman–Crippen MR) is 202 cm³/mol. The lowest BCUT2D eigenvalue weighted by atomic mass is 9.98. The van der Waals surface area contributed by atoms with E-state index in [9.17, 15) is 0 Å². The minimum Gasteiger partial charge on any atom is -0.454 e. The van der Waals surface area contributed by atoms with Crippen molar-refractivity contribution in [3.63, 3.8) is 0 Å². The molecule has 0 aliphatic rings. The van der Waals surface area contributed by atoms with Gasteiger partial charge in [0.1, 0.15) is 5.58 Å². The Bertz CT molecular complexity index is 2810. The largest absolute Gasteiger partial charge is 0.454 e. The van der Waals surface area contributed by atoms with E-state index in [4.69, 9.17) is 4.42 Å². The van der Waals surface area contributed by atoms with Gasteiger partial charge in [-0.15, -0.1) is 11.3 Å². The summed E-state index contributed by atoms with van der Waals surface area (Å²) >= 11 is 1.86. The van der Waals surface area contributed by atoms with Crippen molar-refractivity contribution in [1.29, 1.82) is 0 Å². The molecule has 0 bridgehead atoms. The number of hydrogen-bond donors (Lipinski definition) is 0. The van der Waals surface area contributed by atoms with Crippen LogP contribution in [0.3, 0.4) is 0 Å². The van der Waals surface area contributed by atoms with Crippen LogP contribution in [0.5, 0.6) is 0 Å². The number of benzene rings is 8. The molecule has 10 rings (SSSR count). The van der Waals surface area contributed by atoms with E-state index in [-0.39, 0.29) is 0 Å². The quantitative estimate of drug-likeness (QED) is 0.183. The smallest absolute Gasteiger partial charge is 0.159 e. The fourth-order valence-electron chi connectivity index (χ4n) is 7.24. The summed E-state index contributed by atoms with van der Waals surface area (Å²) in [6, 6.07) is 59.0. The number of hydrogen-bond acceptors (Lipinski definition) is 3. The Morgan fingerprint density at radius 2 is 1.06 bits per heavy atom.